The average molecular weight is 357 g/mol. The Balaban J connectivity index is 2.10. The van der Waals surface area contributed by atoms with Crippen LogP contribution in [0.2, 0.25) is 0 Å². The van der Waals surface area contributed by atoms with Gasteiger partial charge in [0.05, 0.1) is 0 Å². The van der Waals surface area contributed by atoms with Crippen molar-refractivity contribution in [2.24, 2.45) is 0 Å². The molecule has 4 heteroatoms. The van der Waals surface area contributed by atoms with Crippen LogP contribution in [0, 0.1) is 0 Å². The molecule has 0 bridgehead atoms. The molecule has 0 amide bonds. The predicted molar refractivity (Wildman–Crippen MR) is 77.3 cm³/mol. The number of benzene rings is 2. The van der Waals surface area contributed by atoms with E-state index in [9.17, 15) is 5.11 Å². The van der Waals surface area contributed by atoms with Gasteiger partial charge in [-0.2, -0.15) is 0 Å². The van der Waals surface area contributed by atoms with Crippen LogP contribution in [0.5, 0.6) is 5.75 Å². The van der Waals surface area contributed by atoms with E-state index in [0.717, 1.165) is 20.2 Å². The molecule has 88 valence electrons. The normalized spacial score (nSPS) is 10.2. The van der Waals surface area contributed by atoms with Crippen molar-refractivity contribution in [3.05, 3.63) is 57.0 Å². The van der Waals surface area contributed by atoms with Crippen molar-refractivity contribution in [2.45, 2.75) is 6.54 Å². The van der Waals surface area contributed by atoms with Gasteiger partial charge in [0.15, 0.2) is 0 Å². The van der Waals surface area contributed by atoms with Crippen LogP contribution in [0.3, 0.4) is 0 Å². The lowest BCUT2D eigenvalue weighted by Crippen LogP contribution is -2.00. The highest BCUT2D eigenvalue weighted by atomic mass is 79.9. The molecule has 0 unspecified atom stereocenters. The molecule has 0 saturated carbocycles. The molecule has 2 rings (SSSR count). The minimum absolute atomic E-state index is 0.313. The number of phenolic OH excluding ortho intramolecular Hbond substituents is 1. The quantitative estimate of drug-likeness (QED) is 0.846. The molecule has 0 saturated heterocycles. The molecule has 0 atom stereocenters. The van der Waals surface area contributed by atoms with Gasteiger partial charge < -0.3 is 10.4 Å². The summed E-state index contributed by atoms with van der Waals surface area (Å²) in [6.45, 7) is 0.590. The van der Waals surface area contributed by atoms with E-state index in [0.29, 0.717) is 12.3 Å². The number of aromatic hydroxyl groups is 1. The van der Waals surface area contributed by atoms with Gasteiger partial charge >= 0.3 is 0 Å². The summed E-state index contributed by atoms with van der Waals surface area (Å²) in [6.07, 6.45) is 0. The fourth-order valence-electron chi connectivity index (χ4n) is 1.48. The van der Waals surface area contributed by atoms with Crippen molar-refractivity contribution in [3.8, 4) is 5.75 Å². The van der Waals surface area contributed by atoms with Crippen molar-refractivity contribution in [2.75, 3.05) is 5.32 Å². The highest BCUT2D eigenvalue weighted by molar-refractivity contribution is 9.11. The van der Waals surface area contributed by atoms with E-state index in [1.807, 2.05) is 36.4 Å². The van der Waals surface area contributed by atoms with Crippen LogP contribution < -0.4 is 5.32 Å². The van der Waals surface area contributed by atoms with E-state index in [4.69, 9.17) is 0 Å². The summed E-state index contributed by atoms with van der Waals surface area (Å²) in [5, 5.41) is 12.9. The molecule has 2 N–H and O–H groups in total. The lowest BCUT2D eigenvalue weighted by Gasteiger charge is -2.10. The summed E-state index contributed by atoms with van der Waals surface area (Å²) in [4.78, 5) is 0. The van der Waals surface area contributed by atoms with E-state index >= 15 is 0 Å². The van der Waals surface area contributed by atoms with Gasteiger partial charge in [0.1, 0.15) is 5.75 Å². The first kappa shape index (κ1) is 12.5. The first-order valence-electron chi connectivity index (χ1n) is 5.12. The van der Waals surface area contributed by atoms with Crippen LogP contribution in [0.4, 0.5) is 5.69 Å². The Hall–Kier alpha value is -1.000. The second-order valence-corrected chi connectivity index (χ2v) is 5.38. The van der Waals surface area contributed by atoms with Crippen molar-refractivity contribution in [1.82, 2.24) is 0 Å². The molecule has 2 aromatic carbocycles. The van der Waals surface area contributed by atoms with Crippen LogP contribution in [0.15, 0.2) is 51.4 Å². The van der Waals surface area contributed by atoms with Gasteiger partial charge in [-0.15, -0.1) is 0 Å². The zero-order valence-electron chi connectivity index (χ0n) is 8.95. The molecular formula is C13H11Br2NO. The highest BCUT2D eigenvalue weighted by Gasteiger charge is 2.02. The lowest BCUT2D eigenvalue weighted by atomic mass is 10.2. The molecule has 0 radical (unpaired) electrons. The molecule has 0 aliphatic carbocycles. The number of hydrogen-bond acceptors (Lipinski definition) is 2. The minimum atomic E-state index is 0.313. The molecule has 0 heterocycles. The maximum Gasteiger partial charge on any atom is 0.120 e. The number of hydrogen-bond donors (Lipinski definition) is 2. The number of anilines is 1. The van der Waals surface area contributed by atoms with Crippen molar-refractivity contribution >= 4 is 37.5 Å². The minimum Gasteiger partial charge on any atom is -0.508 e. The first-order chi connectivity index (χ1) is 8.16. The van der Waals surface area contributed by atoms with Gasteiger partial charge in [-0.1, -0.05) is 34.1 Å². The van der Waals surface area contributed by atoms with E-state index in [1.165, 1.54) is 0 Å². The van der Waals surface area contributed by atoms with E-state index in [1.54, 1.807) is 6.07 Å². The number of nitrogens with one attached hydrogen (secondary N) is 1. The van der Waals surface area contributed by atoms with E-state index in [2.05, 4.69) is 37.2 Å². The molecule has 0 spiro atoms. The monoisotopic (exact) mass is 355 g/mol. The number of phenols is 1. The molecule has 17 heavy (non-hydrogen) atoms. The first-order valence-corrected chi connectivity index (χ1v) is 6.71. The maximum absolute atomic E-state index is 9.64. The molecule has 0 aliphatic heterocycles. The van der Waals surface area contributed by atoms with Gasteiger partial charge in [0, 0.05) is 26.7 Å². The zero-order chi connectivity index (χ0) is 12.3. The Labute approximate surface area is 117 Å². The number of halogens is 2. The largest absolute Gasteiger partial charge is 0.508 e. The molecule has 0 aromatic heterocycles. The molecule has 2 nitrogen and oxygen atoms in total. The summed E-state index contributed by atoms with van der Waals surface area (Å²) in [7, 11) is 0. The van der Waals surface area contributed by atoms with E-state index in [-0.39, 0.29) is 0 Å². The molecule has 0 aliphatic rings. The Morgan fingerprint density at radius 1 is 1.06 bits per heavy atom. The molecule has 2 aromatic rings. The fourth-order valence-corrected chi connectivity index (χ4v) is 2.67. The van der Waals surface area contributed by atoms with Crippen LogP contribution in [0.1, 0.15) is 5.56 Å². The maximum atomic E-state index is 9.64. The van der Waals surface area contributed by atoms with Crippen molar-refractivity contribution in [3.63, 3.8) is 0 Å². The van der Waals surface area contributed by atoms with Crippen LogP contribution in [0.25, 0.3) is 0 Å². The summed E-state index contributed by atoms with van der Waals surface area (Å²) < 4.78 is 2.01. The van der Waals surface area contributed by atoms with Crippen LogP contribution >= 0.6 is 31.9 Å². The second kappa shape index (κ2) is 5.56. The molecule has 0 fully saturated rings. The third-order valence-corrected chi connectivity index (χ3v) is 3.54. The summed E-state index contributed by atoms with van der Waals surface area (Å²) in [6, 6.07) is 13.2. The van der Waals surface area contributed by atoms with Crippen molar-refractivity contribution in [1.29, 1.82) is 0 Å². The highest BCUT2D eigenvalue weighted by Crippen LogP contribution is 2.27. The van der Waals surface area contributed by atoms with Crippen molar-refractivity contribution < 1.29 is 5.11 Å². The molecular weight excluding hydrogens is 346 g/mol. The average Bonchev–Trinajstić information content (AvgIpc) is 2.30. The Kier molecular flexibility index (Phi) is 4.07. The number of para-hydroxylation sites is 1. The summed E-state index contributed by atoms with van der Waals surface area (Å²) >= 11 is 6.89. The SMILES string of the molecule is Oc1ccccc1CNc1ccc(Br)cc1Br. The third-order valence-electron chi connectivity index (χ3n) is 2.39. The Morgan fingerprint density at radius 3 is 2.53 bits per heavy atom. The summed E-state index contributed by atoms with van der Waals surface area (Å²) in [5.41, 5.74) is 1.87. The Bertz CT molecular complexity index is 529. The smallest absolute Gasteiger partial charge is 0.120 e. The zero-order valence-corrected chi connectivity index (χ0v) is 12.1. The van der Waals surface area contributed by atoms with Crippen LogP contribution in [-0.2, 0) is 6.54 Å². The predicted octanol–water partition coefficient (Wildman–Crippen LogP) is 4.53. The standard InChI is InChI=1S/C13H11Br2NO/c14-10-5-6-12(11(15)7-10)16-8-9-3-1-2-4-13(9)17/h1-7,16-17H,8H2. The second-order valence-electron chi connectivity index (χ2n) is 3.61. The van der Waals surface area contributed by atoms with Gasteiger partial charge in [-0.3, -0.25) is 0 Å². The topological polar surface area (TPSA) is 32.3 Å². The van der Waals surface area contributed by atoms with E-state index < -0.39 is 0 Å². The summed E-state index contributed by atoms with van der Waals surface area (Å²) in [5.74, 6) is 0.313. The lowest BCUT2D eigenvalue weighted by molar-refractivity contribution is 0.469. The number of rotatable bonds is 3. The van der Waals surface area contributed by atoms with Gasteiger partial charge in [-0.05, 0) is 40.2 Å². The third kappa shape index (κ3) is 3.23. The van der Waals surface area contributed by atoms with Gasteiger partial charge in [-0.25, -0.2) is 0 Å². The fraction of sp³-hybridized carbons (Fsp3) is 0.0769. The van der Waals surface area contributed by atoms with Crippen LogP contribution in [-0.4, -0.2) is 5.11 Å². The van der Waals surface area contributed by atoms with Gasteiger partial charge in [0.2, 0.25) is 0 Å². The Morgan fingerprint density at radius 2 is 1.82 bits per heavy atom. The van der Waals surface area contributed by atoms with Gasteiger partial charge in [0.25, 0.3) is 0 Å².